The van der Waals surface area contributed by atoms with Crippen LogP contribution in [-0.4, -0.2) is 25.0 Å². The van der Waals surface area contributed by atoms with Gasteiger partial charge >= 0.3 is 0 Å². The molecule has 0 heterocycles. The highest BCUT2D eigenvalue weighted by molar-refractivity contribution is 5.76. The van der Waals surface area contributed by atoms with Crippen LogP contribution in [0.4, 0.5) is 0 Å². The van der Waals surface area contributed by atoms with Gasteiger partial charge in [-0.05, 0) is 6.92 Å². The van der Waals surface area contributed by atoms with E-state index >= 15 is 0 Å². The highest BCUT2D eigenvalue weighted by Crippen LogP contribution is 1.80. The predicted molar refractivity (Wildman–Crippen MR) is 41.3 cm³/mol. The summed E-state index contributed by atoms with van der Waals surface area (Å²) < 4.78 is 0. The van der Waals surface area contributed by atoms with Gasteiger partial charge in [0.25, 0.3) is 0 Å². The first kappa shape index (κ1) is 8.81. The Morgan fingerprint density at radius 2 is 2.40 bits per heavy atom. The largest absolute Gasteiger partial charge is 0.390 e. The zero-order valence-electron chi connectivity index (χ0n) is 5.95. The lowest BCUT2D eigenvalue weighted by atomic mass is 10.3. The van der Waals surface area contributed by atoms with Crippen LogP contribution in [0.5, 0.6) is 0 Å². The van der Waals surface area contributed by atoms with Crippen molar-refractivity contribution in [2.45, 2.75) is 13.3 Å². The number of rotatable bonds is 4. The van der Waals surface area contributed by atoms with Crippen LogP contribution in [-0.2, 0) is 4.79 Å². The van der Waals surface area contributed by atoms with E-state index in [1.807, 2.05) is 0 Å². The van der Waals surface area contributed by atoms with Crippen molar-refractivity contribution in [2.24, 2.45) is 15.7 Å². The lowest BCUT2D eigenvalue weighted by Crippen LogP contribution is -1.93. The molecule has 56 valence electrons. The van der Waals surface area contributed by atoms with Gasteiger partial charge in [0.05, 0.1) is 6.34 Å². The molecule has 0 unspecified atom stereocenters. The SMILES string of the molecule is CC(=O)CCN=CN=CN. The minimum absolute atomic E-state index is 0.133. The Morgan fingerprint density at radius 3 is 2.90 bits per heavy atom. The predicted octanol–water partition coefficient (Wildman–Crippen LogP) is -0.0192. The van der Waals surface area contributed by atoms with Gasteiger partial charge in [-0.1, -0.05) is 0 Å². The van der Waals surface area contributed by atoms with E-state index in [2.05, 4.69) is 9.98 Å². The van der Waals surface area contributed by atoms with E-state index in [-0.39, 0.29) is 5.78 Å². The monoisotopic (exact) mass is 141 g/mol. The molecular formula is C6H11N3O. The van der Waals surface area contributed by atoms with Gasteiger partial charge in [0.2, 0.25) is 0 Å². The third-order valence-electron chi connectivity index (χ3n) is 0.827. The van der Waals surface area contributed by atoms with Crippen LogP contribution in [0.1, 0.15) is 13.3 Å². The molecule has 0 amide bonds. The molecule has 0 saturated carbocycles. The Labute approximate surface area is 59.9 Å². The van der Waals surface area contributed by atoms with E-state index in [1.54, 1.807) is 0 Å². The number of hydrogen-bond acceptors (Lipinski definition) is 2. The van der Waals surface area contributed by atoms with Crippen molar-refractivity contribution < 1.29 is 4.79 Å². The van der Waals surface area contributed by atoms with Crippen molar-refractivity contribution in [3.8, 4) is 0 Å². The van der Waals surface area contributed by atoms with Crippen LogP contribution in [0.3, 0.4) is 0 Å². The summed E-state index contributed by atoms with van der Waals surface area (Å²) in [5.41, 5.74) is 4.92. The van der Waals surface area contributed by atoms with Gasteiger partial charge in [-0.3, -0.25) is 9.79 Å². The fourth-order valence-electron chi connectivity index (χ4n) is 0.365. The average molecular weight is 141 g/mol. The summed E-state index contributed by atoms with van der Waals surface area (Å²) >= 11 is 0. The molecule has 0 aromatic rings. The molecule has 0 aromatic carbocycles. The lowest BCUT2D eigenvalue weighted by molar-refractivity contribution is -0.116. The molecule has 0 spiro atoms. The normalized spacial score (nSPS) is 11.3. The number of carbonyl (C=O) groups is 1. The number of nitrogens with zero attached hydrogens (tertiary/aromatic N) is 2. The van der Waals surface area contributed by atoms with Crippen molar-refractivity contribution in [3.05, 3.63) is 0 Å². The molecule has 0 atom stereocenters. The summed E-state index contributed by atoms with van der Waals surface area (Å²) in [5, 5.41) is 0. The van der Waals surface area contributed by atoms with Crippen molar-refractivity contribution in [3.63, 3.8) is 0 Å². The maximum atomic E-state index is 10.3. The lowest BCUT2D eigenvalue weighted by Gasteiger charge is -1.85. The molecular weight excluding hydrogens is 130 g/mol. The van der Waals surface area contributed by atoms with Crippen LogP contribution in [0.2, 0.25) is 0 Å². The third-order valence-corrected chi connectivity index (χ3v) is 0.827. The molecule has 2 N–H and O–H groups in total. The van der Waals surface area contributed by atoms with Crippen molar-refractivity contribution in [2.75, 3.05) is 6.54 Å². The maximum Gasteiger partial charge on any atom is 0.131 e. The average Bonchev–Trinajstić information content (AvgIpc) is 1.87. The van der Waals surface area contributed by atoms with Gasteiger partial charge in [0.1, 0.15) is 12.1 Å². The number of ketones is 1. The quantitative estimate of drug-likeness (QED) is 0.441. The fourth-order valence-corrected chi connectivity index (χ4v) is 0.365. The Kier molecular flexibility index (Phi) is 5.23. The van der Waals surface area contributed by atoms with Crippen LogP contribution >= 0.6 is 0 Å². The standard InChI is InChI=1S/C6H11N3O/c1-6(10)2-3-8-5-9-4-7/h4-5H,2-3H2,1H3,(H2,7,8,9). The number of Topliss-reactive ketones (excluding diaryl/α,β-unsaturated/α-hetero) is 1. The van der Waals surface area contributed by atoms with Crippen LogP contribution in [0.15, 0.2) is 9.98 Å². The van der Waals surface area contributed by atoms with E-state index in [1.165, 1.54) is 13.3 Å². The van der Waals surface area contributed by atoms with Gasteiger partial charge < -0.3 is 5.73 Å². The van der Waals surface area contributed by atoms with E-state index in [0.717, 1.165) is 6.34 Å². The molecule has 4 nitrogen and oxygen atoms in total. The zero-order chi connectivity index (χ0) is 7.82. The summed E-state index contributed by atoms with van der Waals surface area (Å²) in [4.78, 5) is 17.6. The second kappa shape index (κ2) is 5.94. The molecule has 0 saturated heterocycles. The number of nitrogens with two attached hydrogens (primary N) is 1. The second-order valence-corrected chi connectivity index (χ2v) is 1.77. The molecule has 0 aliphatic rings. The Bertz CT molecular complexity index is 151. The van der Waals surface area contributed by atoms with E-state index in [4.69, 9.17) is 5.73 Å². The van der Waals surface area contributed by atoms with Gasteiger partial charge in [-0.25, -0.2) is 4.99 Å². The first-order valence-corrected chi connectivity index (χ1v) is 2.98. The Morgan fingerprint density at radius 1 is 1.70 bits per heavy atom. The van der Waals surface area contributed by atoms with Crippen molar-refractivity contribution in [1.29, 1.82) is 0 Å². The second-order valence-electron chi connectivity index (χ2n) is 1.77. The van der Waals surface area contributed by atoms with E-state index < -0.39 is 0 Å². The first-order valence-electron chi connectivity index (χ1n) is 2.98. The first-order chi connectivity index (χ1) is 4.77. The topological polar surface area (TPSA) is 67.8 Å². The highest BCUT2D eigenvalue weighted by atomic mass is 16.1. The molecule has 0 aliphatic heterocycles. The van der Waals surface area contributed by atoms with E-state index in [9.17, 15) is 4.79 Å². The van der Waals surface area contributed by atoms with Crippen molar-refractivity contribution in [1.82, 2.24) is 0 Å². The van der Waals surface area contributed by atoms with Crippen LogP contribution in [0, 0.1) is 0 Å². The van der Waals surface area contributed by atoms with E-state index in [0.29, 0.717) is 13.0 Å². The summed E-state index contributed by atoms with van der Waals surface area (Å²) in [5.74, 6) is 0.133. The summed E-state index contributed by atoms with van der Waals surface area (Å²) in [6, 6.07) is 0. The summed E-state index contributed by atoms with van der Waals surface area (Å²) in [7, 11) is 0. The summed E-state index contributed by atoms with van der Waals surface area (Å²) in [6.07, 6.45) is 2.96. The molecule has 0 bridgehead atoms. The molecule has 0 rings (SSSR count). The van der Waals surface area contributed by atoms with Crippen LogP contribution < -0.4 is 5.73 Å². The summed E-state index contributed by atoms with van der Waals surface area (Å²) in [6.45, 7) is 2.02. The third kappa shape index (κ3) is 6.81. The van der Waals surface area contributed by atoms with Gasteiger partial charge in [0.15, 0.2) is 0 Å². The molecule has 0 aliphatic carbocycles. The molecule has 4 heteroatoms. The van der Waals surface area contributed by atoms with Gasteiger partial charge in [-0.15, -0.1) is 0 Å². The van der Waals surface area contributed by atoms with Crippen molar-refractivity contribution >= 4 is 18.5 Å². The molecule has 0 fully saturated rings. The molecule has 0 radical (unpaired) electrons. The maximum absolute atomic E-state index is 10.3. The number of hydrogen-bond donors (Lipinski definition) is 1. The van der Waals surface area contributed by atoms with Crippen LogP contribution in [0.25, 0.3) is 0 Å². The minimum Gasteiger partial charge on any atom is -0.390 e. The molecule has 0 aromatic heterocycles. The van der Waals surface area contributed by atoms with Gasteiger partial charge in [-0.2, -0.15) is 0 Å². The fraction of sp³-hybridized carbons (Fsp3) is 0.500. The van der Waals surface area contributed by atoms with Gasteiger partial charge in [0, 0.05) is 13.0 Å². The highest BCUT2D eigenvalue weighted by Gasteiger charge is 1.87. The Balaban J connectivity index is 3.27. The zero-order valence-corrected chi connectivity index (χ0v) is 5.95. The minimum atomic E-state index is 0.133. The number of carbonyl (C=O) groups excluding carboxylic acids is 1. The smallest absolute Gasteiger partial charge is 0.131 e. The Hall–Kier alpha value is -1.19. The molecule has 10 heavy (non-hydrogen) atoms. The number of aliphatic imine (C=N–C) groups is 2.